The van der Waals surface area contributed by atoms with E-state index in [4.69, 9.17) is 0 Å². The topological polar surface area (TPSA) is 66.5 Å². The van der Waals surface area contributed by atoms with Gasteiger partial charge in [0.1, 0.15) is 5.75 Å². The van der Waals surface area contributed by atoms with E-state index in [0.717, 1.165) is 17.5 Å². The van der Waals surface area contributed by atoms with Crippen molar-refractivity contribution in [3.63, 3.8) is 0 Å². The van der Waals surface area contributed by atoms with Crippen LogP contribution in [0.3, 0.4) is 0 Å². The summed E-state index contributed by atoms with van der Waals surface area (Å²) in [6, 6.07) is 7.55. The number of fused-ring (bicyclic) bond motifs is 1. The Morgan fingerprint density at radius 2 is 2.05 bits per heavy atom. The van der Waals surface area contributed by atoms with E-state index >= 15 is 0 Å². The van der Waals surface area contributed by atoms with Crippen molar-refractivity contribution < 1.29 is 13.2 Å². The van der Waals surface area contributed by atoms with Crippen molar-refractivity contribution in [1.29, 1.82) is 0 Å². The Hall–Kier alpha value is -1.11. The molecule has 0 fully saturated rings. The molecule has 0 spiro atoms. The minimum atomic E-state index is -3.30. The third-order valence-corrected chi connectivity index (χ3v) is 3.57. The SMILES string of the molecule is CS(=O)(=O)CC(=O)N1CCNCc2ccccc21.Cl. The van der Waals surface area contributed by atoms with Gasteiger partial charge in [0, 0.05) is 31.6 Å². The summed E-state index contributed by atoms with van der Waals surface area (Å²) in [5, 5.41) is 3.21. The molecular weight excluding hydrogens is 288 g/mol. The zero-order valence-corrected chi connectivity index (χ0v) is 12.3. The first kappa shape index (κ1) is 15.9. The lowest BCUT2D eigenvalue weighted by Gasteiger charge is -2.22. The highest BCUT2D eigenvalue weighted by Gasteiger charge is 2.23. The Kier molecular flexibility index (Phi) is 5.34. The van der Waals surface area contributed by atoms with Gasteiger partial charge in [-0.15, -0.1) is 12.4 Å². The van der Waals surface area contributed by atoms with Crippen LogP contribution in [0.15, 0.2) is 24.3 Å². The predicted molar refractivity (Wildman–Crippen MR) is 77.5 cm³/mol. The molecule has 19 heavy (non-hydrogen) atoms. The molecule has 1 N–H and O–H groups in total. The molecule has 5 nitrogen and oxygen atoms in total. The molecule has 1 aliphatic heterocycles. The monoisotopic (exact) mass is 304 g/mol. The highest BCUT2D eigenvalue weighted by molar-refractivity contribution is 7.91. The second kappa shape index (κ2) is 6.36. The lowest BCUT2D eigenvalue weighted by molar-refractivity contribution is -0.116. The zero-order valence-electron chi connectivity index (χ0n) is 10.6. The number of hydrogen-bond donors (Lipinski definition) is 1. The van der Waals surface area contributed by atoms with Crippen LogP contribution in [0.4, 0.5) is 5.69 Å². The fraction of sp³-hybridized carbons (Fsp3) is 0.417. The van der Waals surface area contributed by atoms with Gasteiger partial charge in [0.25, 0.3) is 0 Å². The van der Waals surface area contributed by atoms with E-state index < -0.39 is 15.6 Å². The Morgan fingerprint density at radius 1 is 1.37 bits per heavy atom. The number of carbonyl (C=O) groups excluding carboxylic acids is 1. The lowest BCUT2D eigenvalue weighted by Crippen LogP contribution is -2.38. The average molecular weight is 305 g/mol. The minimum absolute atomic E-state index is 0. The number of hydrogen-bond acceptors (Lipinski definition) is 4. The van der Waals surface area contributed by atoms with Gasteiger partial charge in [-0.05, 0) is 11.6 Å². The van der Waals surface area contributed by atoms with Crippen molar-refractivity contribution in [3.05, 3.63) is 29.8 Å². The summed E-state index contributed by atoms with van der Waals surface area (Å²) in [6.45, 7) is 1.84. The quantitative estimate of drug-likeness (QED) is 0.868. The molecule has 1 heterocycles. The number of benzene rings is 1. The summed E-state index contributed by atoms with van der Waals surface area (Å²) in [6.07, 6.45) is 1.08. The van der Waals surface area contributed by atoms with E-state index in [1.165, 1.54) is 0 Å². The molecule has 0 aromatic heterocycles. The Morgan fingerprint density at radius 3 is 2.74 bits per heavy atom. The molecule has 0 aliphatic carbocycles. The summed E-state index contributed by atoms with van der Waals surface area (Å²) >= 11 is 0. The molecule has 0 atom stereocenters. The van der Waals surface area contributed by atoms with E-state index in [9.17, 15) is 13.2 Å². The van der Waals surface area contributed by atoms with Crippen molar-refractivity contribution in [2.75, 3.05) is 30.0 Å². The Labute approximate surface area is 119 Å². The van der Waals surface area contributed by atoms with Gasteiger partial charge in [-0.25, -0.2) is 8.42 Å². The summed E-state index contributed by atoms with van der Waals surface area (Å²) in [5.74, 6) is -0.810. The van der Waals surface area contributed by atoms with Crippen molar-refractivity contribution in [2.24, 2.45) is 0 Å². The fourth-order valence-corrected chi connectivity index (χ4v) is 2.62. The fourth-order valence-electron chi connectivity index (χ4n) is 2.02. The summed E-state index contributed by atoms with van der Waals surface area (Å²) in [7, 11) is -3.30. The number of amides is 1. The zero-order chi connectivity index (χ0) is 13.2. The highest BCUT2D eigenvalue weighted by Crippen LogP contribution is 2.22. The van der Waals surface area contributed by atoms with Crippen LogP contribution < -0.4 is 10.2 Å². The van der Waals surface area contributed by atoms with Crippen LogP contribution in [0.5, 0.6) is 0 Å². The van der Waals surface area contributed by atoms with Gasteiger partial charge in [0.15, 0.2) is 9.84 Å². The van der Waals surface area contributed by atoms with E-state index in [1.54, 1.807) is 4.90 Å². The second-order valence-corrected chi connectivity index (χ2v) is 6.56. The van der Waals surface area contributed by atoms with E-state index in [0.29, 0.717) is 19.6 Å². The molecule has 1 aliphatic rings. The molecule has 1 aromatic rings. The van der Waals surface area contributed by atoms with Crippen LogP contribution in [0.2, 0.25) is 0 Å². The normalized spacial score (nSPS) is 15.1. The highest BCUT2D eigenvalue weighted by atomic mass is 35.5. The Bertz CT molecular complexity index is 560. The summed E-state index contributed by atoms with van der Waals surface area (Å²) in [5.41, 5.74) is 1.81. The van der Waals surface area contributed by atoms with Crippen LogP contribution >= 0.6 is 12.4 Å². The van der Waals surface area contributed by atoms with E-state index in [-0.39, 0.29) is 18.3 Å². The van der Waals surface area contributed by atoms with Gasteiger partial charge in [0.2, 0.25) is 5.91 Å². The largest absolute Gasteiger partial charge is 0.311 e. The smallest absolute Gasteiger partial charge is 0.242 e. The maximum atomic E-state index is 12.0. The van der Waals surface area contributed by atoms with E-state index in [1.807, 2.05) is 24.3 Å². The van der Waals surface area contributed by atoms with Gasteiger partial charge < -0.3 is 10.2 Å². The number of nitrogens with one attached hydrogen (secondary N) is 1. The molecule has 0 saturated heterocycles. The van der Waals surface area contributed by atoms with Crippen LogP contribution in [0, 0.1) is 0 Å². The first-order valence-electron chi connectivity index (χ1n) is 5.74. The third-order valence-electron chi connectivity index (χ3n) is 2.80. The summed E-state index contributed by atoms with van der Waals surface area (Å²) < 4.78 is 22.4. The standard InChI is InChI=1S/C12H16N2O3S.ClH/c1-18(16,17)9-12(15)14-7-6-13-8-10-4-2-3-5-11(10)14;/h2-5,13H,6-9H2,1H3;1H. The van der Waals surface area contributed by atoms with Crippen LogP contribution in [-0.2, 0) is 21.2 Å². The van der Waals surface area contributed by atoms with Gasteiger partial charge in [-0.3, -0.25) is 4.79 Å². The van der Waals surface area contributed by atoms with Crippen molar-refractivity contribution in [2.45, 2.75) is 6.54 Å². The van der Waals surface area contributed by atoms with Gasteiger partial charge in [0.05, 0.1) is 0 Å². The number of anilines is 1. The number of rotatable bonds is 2. The maximum absolute atomic E-state index is 12.0. The molecule has 0 unspecified atom stereocenters. The van der Waals surface area contributed by atoms with Crippen LogP contribution in [0.1, 0.15) is 5.56 Å². The number of sulfone groups is 1. The average Bonchev–Trinajstić information content (AvgIpc) is 2.48. The molecule has 2 rings (SSSR count). The van der Waals surface area contributed by atoms with E-state index in [2.05, 4.69) is 5.32 Å². The molecule has 7 heteroatoms. The lowest BCUT2D eigenvalue weighted by atomic mass is 10.1. The molecular formula is C12H17ClN2O3S. The van der Waals surface area contributed by atoms with Gasteiger partial charge in [-0.1, -0.05) is 18.2 Å². The summed E-state index contributed by atoms with van der Waals surface area (Å²) in [4.78, 5) is 13.6. The van der Waals surface area contributed by atoms with Crippen molar-refractivity contribution >= 4 is 33.8 Å². The predicted octanol–water partition coefficient (Wildman–Crippen LogP) is 0.589. The molecule has 0 bridgehead atoms. The number of nitrogens with zero attached hydrogens (tertiary/aromatic N) is 1. The maximum Gasteiger partial charge on any atom is 0.242 e. The minimum Gasteiger partial charge on any atom is -0.311 e. The molecule has 1 aromatic carbocycles. The third kappa shape index (κ3) is 4.19. The van der Waals surface area contributed by atoms with Crippen molar-refractivity contribution in [3.8, 4) is 0 Å². The molecule has 106 valence electrons. The van der Waals surface area contributed by atoms with Gasteiger partial charge in [-0.2, -0.15) is 0 Å². The first-order valence-corrected chi connectivity index (χ1v) is 7.80. The molecule has 0 radical (unpaired) electrons. The number of para-hydroxylation sites is 1. The Balaban J connectivity index is 0.00000180. The first-order chi connectivity index (χ1) is 8.47. The number of carbonyl (C=O) groups is 1. The van der Waals surface area contributed by atoms with Crippen LogP contribution in [0.25, 0.3) is 0 Å². The second-order valence-electron chi connectivity index (χ2n) is 4.42. The number of halogens is 1. The van der Waals surface area contributed by atoms with Gasteiger partial charge >= 0.3 is 0 Å². The molecule has 0 saturated carbocycles. The van der Waals surface area contributed by atoms with Crippen molar-refractivity contribution in [1.82, 2.24) is 5.32 Å². The molecule has 1 amide bonds. The van der Waals surface area contributed by atoms with Crippen LogP contribution in [-0.4, -0.2) is 39.4 Å².